The highest BCUT2D eigenvalue weighted by Gasteiger charge is 2.27. The number of carboxylic acid groups (broad SMARTS) is 1. The van der Waals surface area contributed by atoms with E-state index < -0.39 is 5.97 Å². The minimum Gasteiger partial charge on any atom is -0.478 e. The van der Waals surface area contributed by atoms with E-state index in [0.29, 0.717) is 11.3 Å². The van der Waals surface area contributed by atoms with Crippen LogP contribution in [0.25, 0.3) is 0 Å². The van der Waals surface area contributed by atoms with Gasteiger partial charge in [0.2, 0.25) is 5.91 Å². The van der Waals surface area contributed by atoms with Crippen LogP contribution < -0.4 is 10.6 Å². The number of amides is 1. The smallest absolute Gasteiger partial charge is 0.336 e. The highest BCUT2D eigenvalue weighted by atomic mass is 16.4. The zero-order chi connectivity index (χ0) is 14.7. The van der Waals surface area contributed by atoms with E-state index in [-0.39, 0.29) is 23.4 Å². The van der Waals surface area contributed by atoms with E-state index in [1.807, 2.05) is 6.92 Å². The molecule has 2 rings (SSSR count). The minimum atomic E-state index is -0.984. The predicted octanol–water partition coefficient (Wildman–Crippen LogP) is 2.02. The van der Waals surface area contributed by atoms with Gasteiger partial charge in [-0.15, -0.1) is 0 Å². The van der Waals surface area contributed by atoms with Crippen LogP contribution in [0, 0.1) is 12.8 Å². The maximum Gasteiger partial charge on any atom is 0.336 e. The van der Waals surface area contributed by atoms with Crippen molar-refractivity contribution >= 4 is 17.6 Å². The number of anilines is 1. The molecule has 1 heterocycles. The topological polar surface area (TPSA) is 78.4 Å². The van der Waals surface area contributed by atoms with Gasteiger partial charge in [0.15, 0.2) is 0 Å². The predicted molar refractivity (Wildman–Crippen MR) is 77.0 cm³/mol. The number of carbonyl (C=O) groups excluding carboxylic acids is 1. The fourth-order valence-electron chi connectivity index (χ4n) is 2.55. The molecule has 20 heavy (non-hydrogen) atoms. The molecule has 1 fully saturated rings. The van der Waals surface area contributed by atoms with Gasteiger partial charge in [-0.3, -0.25) is 4.79 Å². The molecule has 0 radical (unpaired) electrons. The van der Waals surface area contributed by atoms with Crippen LogP contribution in [0.5, 0.6) is 0 Å². The van der Waals surface area contributed by atoms with Crippen molar-refractivity contribution in [3.8, 4) is 0 Å². The molecular weight excluding hydrogens is 256 g/mol. The van der Waals surface area contributed by atoms with Gasteiger partial charge in [-0.2, -0.15) is 0 Å². The SMILES string of the molecule is Cc1ccc(NC(=O)C2NCCCC2C)cc1C(=O)O. The summed E-state index contributed by atoms with van der Waals surface area (Å²) in [7, 11) is 0. The number of hydrogen-bond donors (Lipinski definition) is 3. The first kappa shape index (κ1) is 14.5. The molecule has 2 unspecified atom stereocenters. The van der Waals surface area contributed by atoms with E-state index in [1.165, 1.54) is 6.07 Å². The molecule has 1 saturated heterocycles. The Labute approximate surface area is 118 Å². The van der Waals surface area contributed by atoms with Crippen LogP contribution in [-0.2, 0) is 4.79 Å². The van der Waals surface area contributed by atoms with Crippen molar-refractivity contribution in [3.63, 3.8) is 0 Å². The normalized spacial score (nSPS) is 22.3. The molecule has 1 amide bonds. The summed E-state index contributed by atoms with van der Waals surface area (Å²) in [5.74, 6) is -0.798. The lowest BCUT2D eigenvalue weighted by molar-refractivity contribution is -0.119. The molecule has 2 atom stereocenters. The lowest BCUT2D eigenvalue weighted by Crippen LogP contribution is -2.48. The molecule has 1 aliphatic heterocycles. The number of piperidine rings is 1. The molecule has 0 saturated carbocycles. The Morgan fingerprint density at radius 1 is 1.40 bits per heavy atom. The average Bonchev–Trinajstić information content (AvgIpc) is 2.41. The van der Waals surface area contributed by atoms with E-state index in [4.69, 9.17) is 5.11 Å². The number of hydrogen-bond acceptors (Lipinski definition) is 3. The van der Waals surface area contributed by atoms with Crippen molar-refractivity contribution in [1.29, 1.82) is 0 Å². The molecule has 1 aromatic rings. The lowest BCUT2D eigenvalue weighted by Gasteiger charge is -2.29. The van der Waals surface area contributed by atoms with E-state index in [1.54, 1.807) is 19.1 Å². The van der Waals surface area contributed by atoms with Crippen molar-refractivity contribution in [2.75, 3.05) is 11.9 Å². The Balaban J connectivity index is 2.11. The summed E-state index contributed by atoms with van der Waals surface area (Å²) in [4.78, 5) is 23.3. The molecule has 0 bridgehead atoms. The standard InChI is InChI=1S/C15H20N2O3/c1-9-5-6-11(8-12(9)15(19)20)17-14(18)13-10(2)4-3-7-16-13/h5-6,8,10,13,16H,3-4,7H2,1-2H3,(H,17,18)(H,19,20). The second kappa shape index (κ2) is 6.05. The third-order valence-corrected chi connectivity index (χ3v) is 3.79. The number of aromatic carboxylic acids is 1. The Morgan fingerprint density at radius 2 is 2.15 bits per heavy atom. The van der Waals surface area contributed by atoms with Gasteiger partial charge in [0.1, 0.15) is 0 Å². The second-order valence-electron chi connectivity index (χ2n) is 5.38. The molecular formula is C15H20N2O3. The van der Waals surface area contributed by atoms with Gasteiger partial charge in [-0.05, 0) is 49.9 Å². The largest absolute Gasteiger partial charge is 0.478 e. The molecule has 1 aliphatic rings. The lowest BCUT2D eigenvalue weighted by atomic mass is 9.92. The van der Waals surface area contributed by atoms with Crippen molar-refractivity contribution in [2.45, 2.75) is 32.7 Å². The second-order valence-corrected chi connectivity index (χ2v) is 5.38. The fraction of sp³-hybridized carbons (Fsp3) is 0.467. The summed E-state index contributed by atoms with van der Waals surface area (Å²) in [6, 6.07) is 4.73. The number of nitrogens with one attached hydrogen (secondary N) is 2. The van der Waals surface area contributed by atoms with Gasteiger partial charge in [0.25, 0.3) is 0 Å². The Morgan fingerprint density at radius 3 is 2.80 bits per heavy atom. The van der Waals surface area contributed by atoms with Gasteiger partial charge in [-0.1, -0.05) is 13.0 Å². The third-order valence-electron chi connectivity index (χ3n) is 3.79. The van der Waals surface area contributed by atoms with Crippen LogP contribution in [0.15, 0.2) is 18.2 Å². The number of aryl methyl sites for hydroxylation is 1. The zero-order valence-corrected chi connectivity index (χ0v) is 11.8. The Kier molecular flexibility index (Phi) is 4.39. The van der Waals surface area contributed by atoms with Crippen molar-refractivity contribution in [2.24, 2.45) is 5.92 Å². The molecule has 0 spiro atoms. The first-order chi connectivity index (χ1) is 9.49. The van der Waals surface area contributed by atoms with Crippen LogP contribution in [-0.4, -0.2) is 29.6 Å². The summed E-state index contributed by atoms with van der Waals surface area (Å²) >= 11 is 0. The first-order valence-corrected chi connectivity index (χ1v) is 6.87. The van der Waals surface area contributed by atoms with Crippen LogP contribution in [0.3, 0.4) is 0 Å². The third kappa shape index (κ3) is 3.17. The molecule has 5 nitrogen and oxygen atoms in total. The number of rotatable bonds is 3. The maximum atomic E-state index is 12.2. The quantitative estimate of drug-likeness (QED) is 0.789. The van der Waals surface area contributed by atoms with E-state index in [0.717, 1.165) is 19.4 Å². The fourth-order valence-corrected chi connectivity index (χ4v) is 2.55. The summed E-state index contributed by atoms with van der Waals surface area (Å²) in [5.41, 5.74) is 1.42. The highest BCUT2D eigenvalue weighted by Crippen LogP contribution is 2.19. The molecule has 3 N–H and O–H groups in total. The summed E-state index contributed by atoms with van der Waals surface area (Å²) in [5, 5.41) is 15.1. The molecule has 0 aromatic heterocycles. The molecule has 5 heteroatoms. The summed E-state index contributed by atoms with van der Waals surface area (Å²) in [6.07, 6.45) is 2.11. The highest BCUT2D eigenvalue weighted by molar-refractivity contribution is 5.97. The number of carboxylic acids is 1. The van der Waals surface area contributed by atoms with E-state index in [9.17, 15) is 9.59 Å². The van der Waals surface area contributed by atoms with Crippen LogP contribution in [0.2, 0.25) is 0 Å². The van der Waals surface area contributed by atoms with Crippen molar-refractivity contribution in [3.05, 3.63) is 29.3 Å². The van der Waals surface area contributed by atoms with Gasteiger partial charge in [0, 0.05) is 5.69 Å². The van der Waals surface area contributed by atoms with Crippen molar-refractivity contribution in [1.82, 2.24) is 5.32 Å². The van der Waals surface area contributed by atoms with E-state index in [2.05, 4.69) is 10.6 Å². The van der Waals surface area contributed by atoms with Crippen LogP contribution in [0.4, 0.5) is 5.69 Å². The van der Waals surface area contributed by atoms with E-state index >= 15 is 0 Å². The van der Waals surface area contributed by atoms with Gasteiger partial charge >= 0.3 is 5.97 Å². The molecule has 108 valence electrons. The van der Waals surface area contributed by atoms with Gasteiger partial charge in [0.05, 0.1) is 11.6 Å². The number of carbonyl (C=O) groups is 2. The van der Waals surface area contributed by atoms with Gasteiger partial charge < -0.3 is 15.7 Å². The number of benzene rings is 1. The molecule has 0 aliphatic carbocycles. The zero-order valence-electron chi connectivity index (χ0n) is 11.8. The summed E-state index contributed by atoms with van der Waals surface area (Å²) in [6.45, 7) is 4.63. The summed E-state index contributed by atoms with van der Waals surface area (Å²) < 4.78 is 0. The Hall–Kier alpha value is -1.88. The minimum absolute atomic E-state index is 0.0996. The maximum absolute atomic E-state index is 12.2. The van der Waals surface area contributed by atoms with Gasteiger partial charge in [-0.25, -0.2) is 4.79 Å². The monoisotopic (exact) mass is 276 g/mol. The van der Waals surface area contributed by atoms with Crippen molar-refractivity contribution < 1.29 is 14.7 Å². The molecule has 1 aromatic carbocycles. The van der Waals surface area contributed by atoms with Crippen LogP contribution >= 0.6 is 0 Å². The van der Waals surface area contributed by atoms with Crippen LogP contribution in [0.1, 0.15) is 35.7 Å². The first-order valence-electron chi connectivity index (χ1n) is 6.87. The average molecular weight is 276 g/mol. The Bertz CT molecular complexity index is 528.